The summed E-state index contributed by atoms with van der Waals surface area (Å²) in [4.78, 5) is 0. The van der Waals surface area contributed by atoms with Crippen molar-refractivity contribution in [3.63, 3.8) is 0 Å². The van der Waals surface area contributed by atoms with Crippen LogP contribution in [0, 0.1) is 11.3 Å². The van der Waals surface area contributed by atoms with Crippen molar-refractivity contribution in [1.29, 1.82) is 5.26 Å². The van der Waals surface area contributed by atoms with Crippen molar-refractivity contribution >= 4 is 0 Å². The maximum absolute atomic E-state index is 8.72. The number of pyridine rings is 1. The number of hydrogen-bond acceptors (Lipinski definition) is 1. The molecule has 0 unspecified atom stereocenters. The zero-order valence-electron chi connectivity index (χ0n) is 7.07. The Morgan fingerprint density at radius 1 is 1.58 bits per heavy atom. The molecule has 1 heterocycles. The van der Waals surface area contributed by atoms with Crippen LogP contribution in [0.2, 0.25) is 0 Å². The zero-order valence-corrected chi connectivity index (χ0v) is 7.07. The Balaban J connectivity index is 2.91. The van der Waals surface area contributed by atoms with Gasteiger partial charge < -0.3 is 0 Å². The molecule has 0 N–H and O–H groups in total. The normalized spacial score (nSPS) is 10.0. The fourth-order valence-electron chi connectivity index (χ4n) is 0.956. The van der Waals surface area contributed by atoms with Crippen LogP contribution in [0.3, 0.4) is 0 Å². The van der Waals surface area contributed by atoms with E-state index >= 15 is 0 Å². The molecule has 0 saturated heterocycles. The van der Waals surface area contributed by atoms with Gasteiger partial charge in [0.05, 0.1) is 0 Å². The van der Waals surface area contributed by atoms with E-state index in [1.807, 2.05) is 48.0 Å². The van der Waals surface area contributed by atoms with E-state index < -0.39 is 0 Å². The van der Waals surface area contributed by atoms with Crippen LogP contribution in [-0.2, 0) is 6.54 Å². The molecule has 0 fully saturated rings. The molecule has 60 valence electrons. The predicted octanol–water partition coefficient (Wildman–Crippen LogP) is 1.42. The molecule has 2 heteroatoms. The first-order valence-electron chi connectivity index (χ1n) is 3.88. The molecule has 0 saturated carbocycles. The number of allylic oxidation sites excluding steroid dienone is 2. The van der Waals surface area contributed by atoms with Crippen molar-refractivity contribution in [2.75, 3.05) is 0 Å². The van der Waals surface area contributed by atoms with Crippen LogP contribution in [0.5, 0.6) is 0 Å². The molecular weight excluding hydrogens is 148 g/mol. The molecule has 0 amide bonds. The molecule has 0 aliphatic rings. The third-order valence-electron chi connectivity index (χ3n) is 1.59. The van der Waals surface area contributed by atoms with Gasteiger partial charge in [-0.2, -0.15) is 9.83 Å². The summed E-state index contributed by atoms with van der Waals surface area (Å²) in [6.07, 6.45) is 5.89. The molecule has 0 aliphatic carbocycles. The second-order valence-electron chi connectivity index (χ2n) is 2.42. The van der Waals surface area contributed by atoms with E-state index in [1.165, 1.54) is 0 Å². The molecule has 1 rings (SSSR count). The van der Waals surface area contributed by atoms with E-state index in [-0.39, 0.29) is 0 Å². The van der Waals surface area contributed by atoms with Gasteiger partial charge in [0.15, 0.2) is 18.8 Å². The van der Waals surface area contributed by atoms with E-state index in [0.29, 0.717) is 5.69 Å². The fourth-order valence-corrected chi connectivity index (χ4v) is 0.956. The van der Waals surface area contributed by atoms with Gasteiger partial charge >= 0.3 is 0 Å². The Kier molecular flexibility index (Phi) is 3.04. The number of aromatic nitrogens is 1. The molecule has 0 radical (unpaired) electrons. The first-order valence-corrected chi connectivity index (χ1v) is 3.88. The molecule has 1 aromatic rings. The first kappa shape index (κ1) is 8.48. The molecule has 0 aromatic carbocycles. The summed E-state index contributed by atoms with van der Waals surface area (Å²) >= 11 is 0. The summed E-state index contributed by atoms with van der Waals surface area (Å²) in [5.74, 6) is 0. The lowest BCUT2D eigenvalue weighted by atomic mass is 10.3. The van der Waals surface area contributed by atoms with Crippen LogP contribution in [0.15, 0.2) is 36.5 Å². The van der Waals surface area contributed by atoms with E-state index in [1.54, 1.807) is 0 Å². The zero-order chi connectivity index (χ0) is 8.81. The summed E-state index contributed by atoms with van der Waals surface area (Å²) in [5, 5.41) is 8.72. The average Bonchev–Trinajstić information content (AvgIpc) is 2.15. The van der Waals surface area contributed by atoms with E-state index in [0.717, 1.165) is 6.54 Å². The standard InChI is InChI=1S/C10H11N2/c1-2-3-7-12-8-5-4-6-10(12)9-11/h2-6,8H,7H2,1H3/q+1. The topological polar surface area (TPSA) is 27.7 Å². The Morgan fingerprint density at radius 3 is 3.08 bits per heavy atom. The first-order chi connectivity index (χ1) is 5.88. The van der Waals surface area contributed by atoms with Gasteiger partial charge in [0.1, 0.15) is 0 Å². The van der Waals surface area contributed by atoms with E-state index in [2.05, 4.69) is 6.07 Å². The lowest BCUT2D eigenvalue weighted by Crippen LogP contribution is -2.35. The van der Waals surface area contributed by atoms with Gasteiger partial charge in [-0.1, -0.05) is 6.08 Å². The Labute approximate surface area is 72.4 Å². The van der Waals surface area contributed by atoms with Gasteiger partial charge in [0, 0.05) is 12.1 Å². The van der Waals surface area contributed by atoms with Crippen molar-refractivity contribution in [2.24, 2.45) is 0 Å². The molecule has 0 atom stereocenters. The molecular formula is C10H11N2+. The summed E-state index contributed by atoms with van der Waals surface area (Å²) in [7, 11) is 0. The highest BCUT2D eigenvalue weighted by Crippen LogP contribution is 1.88. The Hall–Kier alpha value is -1.62. The van der Waals surface area contributed by atoms with Crippen LogP contribution < -0.4 is 4.57 Å². The van der Waals surface area contributed by atoms with E-state index in [4.69, 9.17) is 5.26 Å². The van der Waals surface area contributed by atoms with Crippen LogP contribution in [0.1, 0.15) is 12.6 Å². The monoisotopic (exact) mass is 159 g/mol. The quantitative estimate of drug-likeness (QED) is 0.473. The Bertz CT molecular complexity index is 321. The molecule has 0 spiro atoms. The van der Waals surface area contributed by atoms with Gasteiger partial charge in [-0.05, 0) is 19.1 Å². The second-order valence-corrected chi connectivity index (χ2v) is 2.42. The largest absolute Gasteiger partial charge is 0.283 e. The second kappa shape index (κ2) is 4.30. The Morgan fingerprint density at radius 2 is 2.42 bits per heavy atom. The van der Waals surface area contributed by atoms with Crippen LogP contribution in [0.25, 0.3) is 0 Å². The summed E-state index contributed by atoms with van der Waals surface area (Å²) in [6.45, 7) is 2.73. The summed E-state index contributed by atoms with van der Waals surface area (Å²) in [6, 6.07) is 7.73. The fraction of sp³-hybridized carbons (Fsp3) is 0.200. The minimum Gasteiger partial charge on any atom is -0.186 e. The number of nitriles is 1. The van der Waals surface area contributed by atoms with Crippen molar-refractivity contribution in [3.05, 3.63) is 42.2 Å². The average molecular weight is 159 g/mol. The van der Waals surface area contributed by atoms with Crippen molar-refractivity contribution in [1.82, 2.24) is 0 Å². The minimum absolute atomic E-state index is 0.690. The van der Waals surface area contributed by atoms with Gasteiger partial charge in [-0.25, -0.2) is 0 Å². The van der Waals surface area contributed by atoms with Crippen LogP contribution in [-0.4, -0.2) is 0 Å². The molecule has 0 aliphatic heterocycles. The summed E-state index contributed by atoms with van der Waals surface area (Å²) < 4.78 is 1.90. The predicted molar refractivity (Wildman–Crippen MR) is 46.2 cm³/mol. The van der Waals surface area contributed by atoms with Crippen LogP contribution in [0.4, 0.5) is 0 Å². The van der Waals surface area contributed by atoms with Crippen molar-refractivity contribution in [3.8, 4) is 6.07 Å². The smallest absolute Gasteiger partial charge is 0.186 e. The van der Waals surface area contributed by atoms with E-state index in [9.17, 15) is 0 Å². The van der Waals surface area contributed by atoms with Crippen molar-refractivity contribution < 1.29 is 4.57 Å². The van der Waals surface area contributed by atoms with Gasteiger partial charge in [-0.3, -0.25) is 0 Å². The highest BCUT2D eigenvalue weighted by atomic mass is 14.9. The molecule has 2 nitrogen and oxygen atoms in total. The third kappa shape index (κ3) is 1.93. The third-order valence-corrected chi connectivity index (χ3v) is 1.59. The molecule has 0 bridgehead atoms. The SMILES string of the molecule is CC=CC[n+]1ccccc1C#N. The van der Waals surface area contributed by atoms with Gasteiger partial charge in [0.25, 0.3) is 5.69 Å². The highest BCUT2D eigenvalue weighted by Gasteiger charge is 2.04. The lowest BCUT2D eigenvalue weighted by molar-refractivity contribution is -0.689. The lowest BCUT2D eigenvalue weighted by Gasteiger charge is -1.91. The molecule has 12 heavy (non-hydrogen) atoms. The van der Waals surface area contributed by atoms with Crippen molar-refractivity contribution in [2.45, 2.75) is 13.5 Å². The molecule has 1 aromatic heterocycles. The van der Waals surface area contributed by atoms with Crippen LogP contribution >= 0.6 is 0 Å². The van der Waals surface area contributed by atoms with Gasteiger partial charge in [-0.15, -0.1) is 0 Å². The number of nitrogens with zero attached hydrogens (tertiary/aromatic N) is 2. The number of rotatable bonds is 2. The maximum Gasteiger partial charge on any atom is 0.283 e. The number of hydrogen-bond donors (Lipinski definition) is 0. The maximum atomic E-state index is 8.72. The van der Waals surface area contributed by atoms with Gasteiger partial charge in [0.2, 0.25) is 0 Å². The minimum atomic E-state index is 0.690. The summed E-state index contributed by atoms with van der Waals surface area (Å²) in [5.41, 5.74) is 0.690. The highest BCUT2D eigenvalue weighted by molar-refractivity contribution is 5.13.